The van der Waals surface area contributed by atoms with Gasteiger partial charge >= 0.3 is 0 Å². The number of hydrogen-bond acceptors (Lipinski definition) is 5. The maximum atomic E-state index is 12.5. The highest BCUT2D eigenvalue weighted by Gasteiger charge is 2.34. The summed E-state index contributed by atoms with van der Waals surface area (Å²) < 4.78 is 35.0. The van der Waals surface area contributed by atoms with E-state index < -0.39 is 21.1 Å². The molecule has 5 nitrogen and oxygen atoms in total. The molecule has 2 aromatic carbocycles. The standard InChI is InChI=1S/C16H16O5S/c1-20-13-10-8-12(9-11-13)15(17)16(21-2)22(18,19)14-6-4-3-5-7-14/h3-11,16H,1-2H3. The van der Waals surface area contributed by atoms with E-state index >= 15 is 0 Å². The van der Waals surface area contributed by atoms with E-state index in [1.807, 2.05) is 0 Å². The molecule has 6 heteroatoms. The number of rotatable bonds is 6. The predicted octanol–water partition coefficient (Wildman–Crippen LogP) is 2.32. The molecule has 0 aliphatic heterocycles. The molecule has 0 amide bonds. The molecule has 0 aliphatic rings. The fraction of sp³-hybridized carbons (Fsp3) is 0.188. The minimum Gasteiger partial charge on any atom is -0.497 e. The van der Waals surface area contributed by atoms with Crippen LogP contribution in [0.5, 0.6) is 5.75 Å². The molecule has 0 aromatic heterocycles. The van der Waals surface area contributed by atoms with Crippen molar-refractivity contribution >= 4 is 15.6 Å². The second kappa shape index (κ2) is 6.72. The van der Waals surface area contributed by atoms with Crippen LogP contribution in [0.15, 0.2) is 59.5 Å². The molecule has 0 radical (unpaired) electrons. The third-order valence-electron chi connectivity index (χ3n) is 3.16. The van der Waals surface area contributed by atoms with E-state index in [1.54, 1.807) is 30.3 Å². The van der Waals surface area contributed by atoms with Gasteiger partial charge in [0, 0.05) is 12.7 Å². The number of ether oxygens (including phenoxy) is 2. The Labute approximate surface area is 129 Å². The van der Waals surface area contributed by atoms with E-state index in [0.29, 0.717) is 5.75 Å². The quantitative estimate of drug-likeness (QED) is 0.764. The van der Waals surface area contributed by atoms with Gasteiger partial charge in [-0.25, -0.2) is 8.42 Å². The number of carbonyl (C=O) groups is 1. The molecule has 0 heterocycles. The van der Waals surface area contributed by atoms with Crippen molar-refractivity contribution in [3.8, 4) is 5.75 Å². The minimum absolute atomic E-state index is 0.0451. The highest BCUT2D eigenvalue weighted by molar-refractivity contribution is 7.92. The van der Waals surface area contributed by atoms with E-state index in [2.05, 4.69) is 0 Å². The van der Waals surface area contributed by atoms with E-state index in [0.717, 1.165) is 0 Å². The summed E-state index contributed by atoms with van der Waals surface area (Å²) in [5.41, 5.74) is -1.34. The number of hydrogen-bond donors (Lipinski definition) is 0. The number of sulfone groups is 1. The molecule has 0 aliphatic carbocycles. The van der Waals surface area contributed by atoms with E-state index in [4.69, 9.17) is 9.47 Å². The Morgan fingerprint density at radius 3 is 2.05 bits per heavy atom. The lowest BCUT2D eigenvalue weighted by Gasteiger charge is -2.15. The van der Waals surface area contributed by atoms with Gasteiger partial charge in [-0.2, -0.15) is 0 Å². The first-order valence-electron chi connectivity index (χ1n) is 6.50. The van der Waals surface area contributed by atoms with Gasteiger partial charge in [-0.15, -0.1) is 0 Å². The van der Waals surface area contributed by atoms with Gasteiger partial charge in [0.2, 0.25) is 21.1 Å². The molecular weight excluding hydrogens is 304 g/mol. The van der Waals surface area contributed by atoms with E-state index in [-0.39, 0.29) is 10.5 Å². The van der Waals surface area contributed by atoms with Crippen LogP contribution in [0.1, 0.15) is 10.4 Å². The van der Waals surface area contributed by atoms with E-state index in [9.17, 15) is 13.2 Å². The van der Waals surface area contributed by atoms with Crippen LogP contribution in [-0.2, 0) is 14.6 Å². The van der Waals surface area contributed by atoms with Crippen LogP contribution in [0.2, 0.25) is 0 Å². The molecule has 0 bridgehead atoms. The van der Waals surface area contributed by atoms with Crippen LogP contribution in [0, 0.1) is 0 Å². The number of methoxy groups -OCH3 is 2. The maximum Gasteiger partial charge on any atom is 0.225 e. The van der Waals surface area contributed by atoms with E-state index in [1.165, 1.54) is 38.5 Å². The molecule has 0 N–H and O–H groups in total. The van der Waals surface area contributed by atoms with Crippen molar-refractivity contribution in [2.75, 3.05) is 14.2 Å². The molecule has 0 fully saturated rings. The monoisotopic (exact) mass is 320 g/mol. The van der Waals surface area contributed by atoms with Crippen molar-refractivity contribution in [2.24, 2.45) is 0 Å². The van der Waals surface area contributed by atoms with Gasteiger partial charge in [-0.3, -0.25) is 4.79 Å². The smallest absolute Gasteiger partial charge is 0.225 e. The van der Waals surface area contributed by atoms with Crippen molar-refractivity contribution in [3.63, 3.8) is 0 Å². The van der Waals surface area contributed by atoms with Crippen LogP contribution < -0.4 is 4.74 Å². The average Bonchev–Trinajstić information content (AvgIpc) is 2.56. The summed E-state index contributed by atoms with van der Waals surface area (Å²) in [6, 6.07) is 14.0. The molecule has 0 saturated carbocycles. The highest BCUT2D eigenvalue weighted by atomic mass is 32.2. The molecule has 2 aromatic rings. The van der Waals surface area contributed by atoms with Crippen LogP contribution in [-0.4, -0.2) is 33.9 Å². The highest BCUT2D eigenvalue weighted by Crippen LogP contribution is 2.21. The first-order valence-corrected chi connectivity index (χ1v) is 8.05. The van der Waals surface area contributed by atoms with Gasteiger partial charge < -0.3 is 9.47 Å². The summed E-state index contributed by atoms with van der Waals surface area (Å²) in [7, 11) is -1.21. The van der Waals surface area contributed by atoms with Gasteiger partial charge in [0.05, 0.1) is 12.0 Å². The summed E-state index contributed by atoms with van der Waals surface area (Å²) in [6.45, 7) is 0. The van der Waals surface area contributed by atoms with Crippen molar-refractivity contribution in [3.05, 3.63) is 60.2 Å². The predicted molar refractivity (Wildman–Crippen MR) is 81.7 cm³/mol. The fourth-order valence-corrected chi connectivity index (χ4v) is 3.45. The molecule has 2 rings (SSSR count). The normalized spacial score (nSPS) is 12.6. The third-order valence-corrected chi connectivity index (χ3v) is 5.06. The Morgan fingerprint density at radius 2 is 1.55 bits per heavy atom. The first-order chi connectivity index (χ1) is 10.5. The molecule has 116 valence electrons. The van der Waals surface area contributed by atoms with Gasteiger partial charge in [0.1, 0.15) is 5.75 Å². The second-order valence-electron chi connectivity index (χ2n) is 4.52. The number of Topliss-reactive ketones (excluding diaryl/α,β-unsaturated/α-hetero) is 1. The van der Waals surface area contributed by atoms with Crippen LogP contribution in [0.3, 0.4) is 0 Å². The van der Waals surface area contributed by atoms with Crippen LogP contribution in [0.25, 0.3) is 0 Å². The SMILES string of the molecule is COc1ccc(C(=O)C(OC)S(=O)(=O)c2ccccc2)cc1. The fourth-order valence-electron chi connectivity index (χ4n) is 2.00. The average molecular weight is 320 g/mol. The Balaban J connectivity index is 2.36. The van der Waals surface area contributed by atoms with Gasteiger partial charge in [-0.05, 0) is 36.4 Å². The maximum absolute atomic E-state index is 12.5. The lowest BCUT2D eigenvalue weighted by atomic mass is 10.1. The third kappa shape index (κ3) is 3.18. The Morgan fingerprint density at radius 1 is 0.955 bits per heavy atom. The lowest BCUT2D eigenvalue weighted by Crippen LogP contribution is -2.32. The Bertz CT molecular complexity index is 736. The van der Waals surface area contributed by atoms with Crippen molar-refractivity contribution < 1.29 is 22.7 Å². The number of carbonyl (C=O) groups excluding carboxylic acids is 1. The van der Waals surface area contributed by atoms with Crippen molar-refractivity contribution in [1.29, 1.82) is 0 Å². The summed E-state index contributed by atoms with van der Waals surface area (Å²) in [4.78, 5) is 12.5. The van der Waals surface area contributed by atoms with Gasteiger partial charge in [0.15, 0.2) is 0 Å². The Hall–Kier alpha value is -2.18. The summed E-state index contributed by atoms with van der Waals surface area (Å²) >= 11 is 0. The largest absolute Gasteiger partial charge is 0.497 e. The molecule has 1 unspecified atom stereocenters. The van der Waals surface area contributed by atoms with Gasteiger partial charge in [-0.1, -0.05) is 18.2 Å². The van der Waals surface area contributed by atoms with Crippen molar-refractivity contribution in [2.45, 2.75) is 10.3 Å². The molecule has 1 atom stereocenters. The number of ketones is 1. The zero-order chi connectivity index (χ0) is 16.2. The zero-order valence-corrected chi connectivity index (χ0v) is 13.0. The summed E-state index contributed by atoms with van der Waals surface area (Å²) in [6.07, 6.45) is 0. The molecule has 22 heavy (non-hydrogen) atoms. The zero-order valence-electron chi connectivity index (χ0n) is 12.2. The summed E-state index contributed by atoms with van der Waals surface area (Å²) in [5, 5.41) is 0. The first kappa shape index (κ1) is 16.2. The number of benzene rings is 2. The van der Waals surface area contributed by atoms with Gasteiger partial charge in [0.25, 0.3) is 0 Å². The molecule has 0 saturated heterocycles. The lowest BCUT2D eigenvalue weighted by molar-refractivity contribution is 0.0778. The summed E-state index contributed by atoms with van der Waals surface area (Å²) in [5.74, 6) is -0.0366. The minimum atomic E-state index is -3.92. The molecule has 0 spiro atoms. The topological polar surface area (TPSA) is 69.7 Å². The molecular formula is C16H16O5S. The van der Waals surface area contributed by atoms with Crippen LogP contribution in [0.4, 0.5) is 0 Å². The second-order valence-corrected chi connectivity index (χ2v) is 6.51. The van der Waals surface area contributed by atoms with Crippen LogP contribution >= 0.6 is 0 Å². The Kier molecular flexibility index (Phi) is 4.95. The van der Waals surface area contributed by atoms with Crippen molar-refractivity contribution in [1.82, 2.24) is 0 Å².